The van der Waals surface area contributed by atoms with Crippen LogP contribution < -0.4 is 0 Å². The monoisotopic (exact) mass is 362 g/mol. The van der Waals surface area contributed by atoms with E-state index in [1.165, 1.54) is 7.11 Å². The van der Waals surface area contributed by atoms with Crippen LogP contribution in [-0.4, -0.2) is 25.2 Å². The van der Waals surface area contributed by atoms with Crippen LogP contribution >= 0.6 is 0 Å². The van der Waals surface area contributed by atoms with Crippen molar-refractivity contribution in [3.8, 4) is 0 Å². The van der Waals surface area contributed by atoms with Gasteiger partial charge in [-0.1, -0.05) is 37.3 Å². The van der Waals surface area contributed by atoms with Crippen LogP contribution in [0.15, 0.2) is 30.3 Å². The van der Waals surface area contributed by atoms with Crippen molar-refractivity contribution in [3.05, 3.63) is 35.9 Å². The van der Waals surface area contributed by atoms with Crippen molar-refractivity contribution >= 4 is 11.9 Å². The van der Waals surface area contributed by atoms with Crippen LogP contribution in [0.1, 0.15) is 72.3 Å². The van der Waals surface area contributed by atoms with Crippen molar-refractivity contribution < 1.29 is 19.1 Å². The molecule has 1 rings (SSSR count). The molecule has 26 heavy (non-hydrogen) atoms. The fourth-order valence-electron chi connectivity index (χ4n) is 3.28. The highest BCUT2D eigenvalue weighted by Crippen LogP contribution is 2.42. The number of hydrogen-bond donors (Lipinski definition) is 0. The molecule has 0 N–H and O–H groups in total. The summed E-state index contributed by atoms with van der Waals surface area (Å²) < 4.78 is 10.5. The van der Waals surface area contributed by atoms with E-state index in [0.717, 1.165) is 5.56 Å². The summed E-state index contributed by atoms with van der Waals surface area (Å²) >= 11 is 0. The summed E-state index contributed by atoms with van der Waals surface area (Å²) in [6, 6.07) is 10.1. The number of carbonyl (C=O) groups excluding carboxylic acids is 2. The molecular formula is C22H34O4. The van der Waals surface area contributed by atoms with E-state index in [4.69, 9.17) is 9.47 Å². The van der Waals surface area contributed by atoms with Crippen molar-refractivity contribution in [2.75, 3.05) is 7.11 Å². The largest absolute Gasteiger partial charge is 0.469 e. The van der Waals surface area contributed by atoms with E-state index >= 15 is 0 Å². The Morgan fingerprint density at radius 1 is 1.00 bits per heavy atom. The van der Waals surface area contributed by atoms with E-state index in [-0.39, 0.29) is 24.0 Å². The molecule has 2 atom stereocenters. The number of esters is 2. The van der Waals surface area contributed by atoms with Gasteiger partial charge in [-0.25, -0.2) is 0 Å². The smallest absolute Gasteiger partial charge is 0.312 e. The topological polar surface area (TPSA) is 52.6 Å². The van der Waals surface area contributed by atoms with Crippen molar-refractivity contribution in [1.82, 2.24) is 0 Å². The van der Waals surface area contributed by atoms with E-state index in [1.807, 2.05) is 59.7 Å². The molecule has 0 saturated heterocycles. The summed E-state index contributed by atoms with van der Waals surface area (Å²) in [6.07, 6.45) is 1.77. The summed E-state index contributed by atoms with van der Waals surface area (Å²) in [4.78, 5) is 24.9. The third-order valence-corrected chi connectivity index (χ3v) is 5.08. The molecule has 0 spiro atoms. The molecule has 0 fully saturated rings. The first-order valence-corrected chi connectivity index (χ1v) is 9.40. The Kier molecular flexibility index (Phi) is 7.86. The fraction of sp³-hybridized carbons (Fsp3) is 0.636. The minimum absolute atomic E-state index is 0.0509. The molecule has 0 saturated carbocycles. The van der Waals surface area contributed by atoms with E-state index in [1.54, 1.807) is 0 Å². The van der Waals surface area contributed by atoms with Crippen LogP contribution in [-0.2, 0) is 19.1 Å². The molecule has 4 nitrogen and oxygen atoms in total. The number of hydrogen-bond acceptors (Lipinski definition) is 4. The second kappa shape index (κ2) is 9.20. The van der Waals surface area contributed by atoms with Crippen LogP contribution in [0.3, 0.4) is 0 Å². The SMILES string of the molecule is CCC(C)(CC(CC(C)(C)C(=O)OC)c1ccccc1)C(=O)OC(C)C. The van der Waals surface area contributed by atoms with Gasteiger partial charge in [-0.2, -0.15) is 0 Å². The molecule has 0 radical (unpaired) electrons. The molecule has 4 heteroatoms. The summed E-state index contributed by atoms with van der Waals surface area (Å²) in [6.45, 7) is 11.5. The maximum absolute atomic E-state index is 12.7. The van der Waals surface area contributed by atoms with Gasteiger partial charge in [0.25, 0.3) is 0 Å². The van der Waals surface area contributed by atoms with E-state index in [9.17, 15) is 9.59 Å². The molecule has 1 aromatic rings. The molecule has 0 aliphatic rings. The van der Waals surface area contributed by atoms with Gasteiger partial charge in [0.2, 0.25) is 0 Å². The highest BCUT2D eigenvalue weighted by atomic mass is 16.5. The Labute approximate surface area is 158 Å². The van der Waals surface area contributed by atoms with E-state index in [0.29, 0.717) is 19.3 Å². The average molecular weight is 363 g/mol. The van der Waals surface area contributed by atoms with Crippen molar-refractivity contribution in [2.24, 2.45) is 10.8 Å². The predicted octanol–water partition coefficient (Wildman–Crippen LogP) is 5.12. The van der Waals surface area contributed by atoms with Crippen molar-refractivity contribution in [3.63, 3.8) is 0 Å². The van der Waals surface area contributed by atoms with E-state index in [2.05, 4.69) is 12.1 Å². The number of methoxy groups -OCH3 is 1. The molecule has 0 aromatic heterocycles. The van der Waals surface area contributed by atoms with Gasteiger partial charge in [0.05, 0.1) is 24.0 Å². The lowest BCUT2D eigenvalue weighted by Gasteiger charge is -2.34. The molecule has 0 heterocycles. The summed E-state index contributed by atoms with van der Waals surface area (Å²) in [7, 11) is 1.41. The van der Waals surface area contributed by atoms with Gasteiger partial charge in [0.1, 0.15) is 0 Å². The Balaban J connectivity index is 3.16. The molecular weight excluding hydrogens is 328 g/mol. The summed E-state index contributed by atoms with van der Waals surface area (Å²) in [5.74, 6) is -0.358. The van der Waals surface area contributed by atoms with Gasteiger partial charge in [-0.05, 0) is 65.4 Å². The van der Waals surface area contributed by atoms with Gasteiger partial charge in [-0.15, -0.1) is 0 Å². The Hall–Kier alpha value is -1.84. The minimum Gasteiger partial charge on any atom is -0.469 e. The molecule has 0 amide bonds. The summed E-state index contributed by atoms with van der Waals surface area (Å²) in [5.41, 5.74) is -0.107. The first-order chi connectivity index (χ1) is 12.1. The number of rotatable bonds is 9. The standard InChI is InChI=1S/C22H34O4/c1-8-22(6,20(24)26-16(2)3)15-18(17-12-10-9-11-13-17)14-21(4,5)19(23)25-7/h9-13,16,18H,8,14-15H2,1-7H3. The number of ether oxygens (including phenoxy) is 2. The first kappa shape index (κ1) is 22.2. The number of benzene rings is 1. The molecule has 2 unspecified atom stereocenters. The van der Waals surface area contributed by atoms with Crippen LogP contribution in [0.2, 0.25) is 0 Å². The lowest BCUT2D eigenvalue weighted by atomic mass is 9.71. The van der Waals surface area contributed by atoms with Crippen LogP contribution in [0, 0.1) is 10.8 Å². The molecule has 0 aliphatic carbocycles. The third-order valence-electron chi connectivity index (χ3n) is 5.08. The van der Waals surface area contributed by atoms with Gasteiger partial charge < -0.3 is 9.47 Å². The maximum atomic E-state index is 12.7. The maximum Gasteiger partial charge on any atom is 0.312 e. The van der Waals surface area contributed by atoms with Gasteiger partial charge in [0.15, 0.2) is 0 Å². The molecule has 1 aromatic carbocycles. The quantitative estimate of drug-likeness (QED) is 0.572. The second-order valence-corrected chi connectivity index (χ2v) is 8.26. The number of carbonyl (C=O) groups is 2. The average Bonchev–Trinajstić information content (AvgIpc) is 2.60. The molecule has 0 aliphatic heterocycles. The molecule has 146 valence electrons. The van der Waals surface area contributed by atoms with Crippen molar-refractivity contribution in [1.29, 1.82) is 0 Å². The zero-order valence-corrected chi connectivity index (χ0v) is 17.3. The normalized spacial score (nSPS) is 15.2. The van der Waals surface area contributed by atoms with E-state index < -0.39 is 10.8 Å². The lowest BCUT2D eigenvalue weighted by Crippen LogP contribution is -2.35. The highest BCUT2D eigenvalue weighted by Gasteiger charge is 2.40. The highest BCUT2D eigenvalue weighted by molar-refractivity contribution is 5.77. The second-order valence-electron chi connectivity index (χ2n) is 8.26. The van der Waals surface area contributed by atoms with Crippen LogP contribution in [0.4, 0.5) is 0 Å². The Bertz CT molecular complexity index is 591. The van der Waals surface area contributed by atoms with Crippen LogP contribution in [0.5, 0.6) is 0 Å². The first-order valence-electron chi connectivity index (χ1n) is 9.40. The summed E-state index contributed by atoms with van der Waals surface area (Å²) in [5, 5.41) is 0. The van der Waals surface area contributed by atoms with Gasteiger partial charge in [0, 0.05) is 0 Å². The minimum atomic E-state index is -0.633. The predicted molar refractivity (Wildman–Crippen MR) is 104 cm³/mol. The zero-order chi connectivity index (χ0) is 20.0. The van der Waals surface area contributed by atoms with Gasteiger partial charge >= 0.3 is 11.9 Å². The zero-order valence-electron chi connectivity index (χ0n) is 17.3. The fourth-order valence-corrected chi connectivity index (χ4v) is 3.28. The van der Waals surface area contributed by atoms with Crippen molar-refractivity contribution in [2.45, 2.75) is 72.8 Å². The Morgan fingerprint density at radius 2 is 1.58 bits per heavy atom. The molecule has 0 bridgehead atoms. The third kappa shape index (κ3) is 5.86. The Morgan fingerprint density at radius 3 is 2.04 bits per heavy atom. The van der Waals surface area contributed by atoms with Gasteiger partial charge in [-0.3, -0.25) is 9.59 Å². The lowest BCUT2D eigenvalue weighted by molar-refractivity contribution is -0.160. The van der Waals surface area contributed by atoms with Crippen LogP contribution in [0.25, 0.3) is 0 Å².